The molecule has 0 spiro atoms. The number of para-hydroxylation sites is 1. The first-order chi connectivity index (χ1) is 9.97. The molecule has 0 aliphatic carbocycles. The van der Waals surface area contributed by atoms with E-state index in [1.165, 1.54) is 0 Å². The monoisotopic (exact) mass is 365 g/mol. The average Bonchev–Trinajstić information content (AvgIpc) is 2.84. The third kappa shape index (κ3) is 2.66. The molecule has 108 valence electrons. The molecular formula is C14H12BrN3O2S. The lowest BCUT2D eigenvalue weighted by Gasteiger charge is -2.09. The molecule has 0 aliphatic rings. The largest absolute Gasteiger partial charge is 0.276 e. The minimum absolute atomic E-state index is 0.226. The molecule has 0 saturated carbocycles. The molecule has 0 saturated heterocycles. The quantitative estimate of drug-likeness (QED) is 0.746. The number of sulfonamides is 1. The zero-order chi connectivity index (χ0) is 15.0. The molecule has 5 nitrogen and oxygen atoms in total. The number of H-pyrrole nitrogens is 1. The van der Waals surface area contributed by atoms with Gasteiger partial charge in [-0.3, -0.25) is 9.82 Å². The third-order valence-corrected chi connectivity index (χ3v) is 5.12. The van der Waals surface area contributed by atoms with Crippen LogP contribution < -0.4 is 4.72 Å². The highest BCUT2D eigenvalue weighted by atomic mass is 79.9. The molecule has 3 aromatic rings. The van der Waals surface area contributed by atoms with Crippen LogP contribution >= 0.6 is 15.9 Å². The zero-order valence-electron chi connectivity index (χ0n) is 11.1. The smallest absolute Gasteiger partial charge is 0.263 e. The molecule has 0 atom stereocenters. The van der Waals surface area contributed by atoms with Crippen molar-refractivity contribution in [2.45, 2.75) is 11.8 Å². The number of fused-ring (bicyclic) bond motifs is 1. The standard InChI is InChI=1S/C14H12BrN3O2S/c1-9-6-7-10(15)8-13(9)21(19,20)18-14-11-4-2-3-5-12(11)16-17-14/h2-8H,1H3,(H2,16,17,18). The van der Waals surface area contributed by atoms with Crippen molar-refractivity contribution >= 4 is 42.7 Å². The molecular weight excluding hydrogens is 354 g/mol. The van der Waals surface area contributed by atoms with E-state index < -0.39 is 10.0 Å². The van der Waals surface area contributed by atoms with Gasteiger partial charge in [-0.1, -0.05) is 34.1 Å². The second-order valence-corrected chi connectivity index (χ2v) is 7.20. The van der Waals surface area contributed by atoms with E-state index in [9.17, 15) is 8.42 Å². The molecule has 0 radical (unpaired) electrons. The van der Waals surface area contributed by atoms with Gasteiger partial charge in [-0.05, 0) is 36.8 Å². The van der Waals surface area contributed by atoms with Crippen molar-refractivity contribution in [3.63, 3.8) is 0 Å². The second kappa shape index (κ2) is 5.16. The number of anilines is 1. The number of rotatable bonds is 3. The first-order valence-corrected chi connectivity index (χ1v) is 8.47. The normalized spacial score (nSPS) is 11.7. The number of aromatic nitrogens is 2. The van der Waals surface area contributed by atoms with Gasteiger partial charge in [0, 0.05) is 9.86 Å². The van der Waals surface area contributed by atoms with Crippen LogP contribution in [0.2, 0.25) is 0 Å². The van der Waals surface area contributed by atoms with Gasteiger partial charge in [0.05, 0.1) is 10.4 Å². The predicted octanol–water partition coefficient (Wildman–Crippen LogP) is 3.43. The minimum atomic E-state index is -3.69. The fraction of sp³-hybridized carbons (Fsp3) is 0.0714. The highest BCUT2D eigenvalue weighted by Gasteiger charge is 2.19. The Balaban J connectivity index is 2.05. The second-order valence-electron chi connectivity index (χ2n) is 4.63. The summed E-state index contributed by atoms with van der Waals surface area (Å²) in [6.45, 7) is 1.75. The fourth-order valence-corrected chi connectivity index (χ4v) is 3.89. The first-order valence-electron chi connectivity index (χ1n) is 6.19. The summed E-state index contributed by atoms with van der Waals surface area (Å²) >= 11 is 3.29. The van der Waals surface area contributed by atoms with Crippen molar-refractivity contribution < 1.29 is 8.42 Å². The van der Waals surface area contributed by atoms with E-state index in [4.69, 9.17) is 0 Å². The highest BCUT2D eigenvalue weighted by Crippen LogP contribution is 2.25. The molecule has 0 unspecified atom stereocenters. The maximum atomic E-state index is 12.5. The molecule has 2 aromatic carbocycles. The van der Waals surface area contributed by atoms with Crippen LogP contribution in [-0.2, 0) is 10.0 Å². The number of nitrogens with one attached hydrogen (secondary N) is 2. The highest BCUT2D eigenvalue weighted by molar-refractivity contribution is 9.10. The lowest BCUT2D eigenvalue weighted by Crippen LogP contribution is -2.14. The topological polar surface area (TPSA) is 74.8 Å². The lowest BCUT2D eigenvalue weighted by molar-refractivity contribution is 0.600. The lowest BCUT2D eigenvalue weighted by atomic mass is 10.2. The number of nitrogens with zero attached hydrogens (tertiary/aromatic N) is 1. The summed E-state index contributed by atoms with van der Waals surface area (Å²) in [6, 6.07) is 12.5. The number of hydrogen-bond donors (Lipinski definition) is 2. The molecule has 0 aliphatic heterocycles. The van der Waals surface area contributed by atoms with Crippen LogP contribution in [0.1, 0.15) is 5.56 Å². The fourth-order valence-electron chi connectivity index (χ4n) is 2.09. The van der Waals surface area contributed by atoms with Gasteiger partial charge >= 0.3 is 0 Å². The number of hydrogen-bond acceptors (Lipinski definition) is 3. The summed E-state index contributed by atoms with van der Waals surface area (Å²) in [7, 11) is -3.69. The molecule has 1 heterocycles. The average molecular weight is 366 g/mol. The Kier molecular flexibility index (Phi) is 3.46. The molecule has 3 rings (SSSR count). The van der Waals surface area contributed by atoms with Crippen molar-refractivity contribution in [3.8, 4) is 0 Å². The summed E-state index contributed by atoms with van der Waals surface area (Å²) in [6.07, 6.45) is 0. The van der Waals surface area contributed by atoms with Crippen LogP contribution in [0, 0.1) is 6.92 Å². The molecule has 21 heavy (non-hydrogen) atoms. The van der Waals surface area contributed by atoms with E-state index in [2.05, 4.69) is 30.8 Å². The van der Waals surface area contributed by atoms with Crippen LogP contribution in [0.15, 0.2) is 51.8 Å². The Bertz CT molecular complexity index is 919. The maximum absolute atomic E-state index is 12.5. The van der Waals surface area contributed by atoms with Gasteiger partial charge in [-0.15, -0.1) is 0 Å². The van der Waals surface area contributed by atoms with Crippen molar-refractivity contribution in [2.24, 2.45) is 0 Å². The van der Waals surface area contributed by atoms with E-state index in [0.29, 0.717) is 15.9 Å². The first kappa shape index (κ1) is 14.1. The summed E-state index contributed by atoms with van der Waals surface area (Å²) in [4.78, 5) is 0.226. The molecule has 0 fully saturated rings. The third-order valence-electron chi connectivity index (χ3n) is 3.14. The molecule has 1 aromatic heterocycles. The summed E-state index contributed by atoms with van der Waals surface area (Å²) in [5.74, 6) is 0.296. The summed E-state index contributed by atoms with van der Waals surface area (Å²) < 4.78 is 28.3. The van der Waals surface area contributed by atoms with E-state index >= 15 is 0 Å². The Morgan fingerprint density at radius 1 is 1.19 bits per heavy atom. The molecule has 7 heteroatoms. The van der Waals surface area contributed by atoms with Gasteiger partial charge in [-0.2, -0.15) is 5.10 Å². The molecule has 0 bridgehead atoms. The van der Waals surface area contributed by atoms with E-state index in [0.717, 1.165) is 10.9 Å². The number of aromatic amines is 1. The number of halogens is 1. The van der Waals surface area contributed by atoms with Gasteiger partial charge in [0.1, 0.15) is 0 Å². The minimum Gasteiger partial charge on any atom is -0.276 e. The Morgan fingerprint density at radius 2 is 1.95 bits per heavy atom. The molecule has 0 amide bonds. The van der Waals surface area contributed by atoms with Gasteiger partial charge in [0.15, 0.2) is 5.82 Å². The maximum Gasteiger partial charge on any atom is 0.263 e. The van der Waals surface area contributed by atoms with Crippen molar-refractivity contribution in [1.29, 1.82) is 0 Å². The zero-order valence-corrected chi connectivity index (χ0v) is 13.5. The number of benzene rings is 2. The summed E-state index contributed by atoms with van der Waals surface area (Å²) in [5, 5.41) is 7.56. The SMILES string of the molecule is Cc1ccc(Br)cc1S(=O)(=O)Nc1n[nH]c2ccccc12. The predicted molar refractivity (Wildman–Crippen MR) is 85.8 cm³/mol. The molecule has 2 N–H and O–H groups in total. The van der Waals surface area contributed by atoms with E-state index in [1.807, 2.05) is 24.3 Å². The number of aryl methyl sites for hydroxylation is 1. The van der Waals surface area contributed by atoms with E-state index in [1.54, 1.807) is 25.1 Å². The van der Waals surface area contributed by atoms with Crippen molar-refractivity contribution in [3.05, 3.63) is 52.5 Å². The van der Waals surface area contributed by atoms with Gasteiger partial charge in [0.2, 0.25) is 0 Å². The Morgan fingerprint density at radius 3 is 2.76 bits per heavy atom. The van der Waals surface area contributed by atoms with Crippen LogP contribution in [-0.4, -0.2) is 18.6 Å². The van der Waals surface area contributed by atoms with Crippen molar-refractivity contribution in [1.82, 2.24) is 10.2 Å². The van der Waals surface area contributed by atoms with Gasteiger partial charge < -0.3 is 0 Å². The summed E-state index contributed by atoms with van der Waals surface area (Å²) in [5.41, 5.74) is 1.45. The Labute approximate surface area is 130 Å². The van der Waals surface area contributed by atoms with Crippen LogP contribution in [0.4, 0.5) is 5.82 Å². The van der Waals surface area contributed by atoms with Crippen molar-refractivity contribution in [2.75, 3.05) is 4.72 Å². The van der Waals surface area contributed by atoms with Crippen LogP contribution in [0.3, 0.4) is 0 Å². The van der Waals surface area contributed by atoms with Crippen LogP contribution in [0.25, 0.3) is 10.9 Å². The van der Waals surface area contributed by atoms with Crippen LogP contribution in [0.5, 0.6) is 0 Å². The Hall–Kier alpha value is -1.86. The van der Waals surface area contributed by atoms with E-state index in [-0.39, 0.29) is 4.90 Å². The van der Waals surface area contributed by atoms with Gasteiger partial charge in [0.25, 0.3) is 10.0 Å². The van der Waals surface area contributed by atoms with Gasteiger partial charge in [-0.25, -0.2) is 8.42 Å².